The number of fused-ring (bicyclic) bond motifs is 1. The molecule has 1 aromatic carbocycles. The van der Waals surface area contributed by atoms with Crippen LogP contribution < -0.4 is 16.2 Å². The zero-order valence-corrected chi connectivity index (χ0v) is 15.9. The summed E-state index contributed by atoms with van der Waals surface area (Å²) in [6, 6.07) is 8.35. The number of nitrogen functional groups attached to an aromatic ring is 2. The van der Waals surface area contributed by atoms with Gasteiger partial charge in [-0.2, -0.15) is 9.97 Å². The molecule has 1 aliphatic rings. The van der Waals surface area contributed by atoms with Gasteiger partial charge in [0.25, 0.3) is 0 Å². The average Bonchev–Trinajstić information content (AvgIpc) is 3.20. The summed E-state index contributed by atoms with van der Waals surface area (Å²) in [5.74, 6) is 0.293. The number of carbonyl (C=O) groups is 1. The minimum atomic E-state index is -1.76. The first-order valence-corrected chi connectivity index (χ1v) is 8.98. The molecule has 3 heterocycles. The number of nitrogens with zero attached hydrogens (tertiary/aromatic N) is 4. The molecule has 6 N–H and O–H groups in total. The second-order valence-electron chi connectivity index (χ2n) is 6.96. The van der Waals surface area contributed by atoms with Crippen LogP contribution in [0.25, 0.3) is 11.2 Å². The van der Waals surface area contributed by atoms with Crippen molar-refractivity contribution < 1.29 is 29.2 Å². The zero-order chi connectivity index (χ0) is 21.5. The predicted molar refractivity (Wildman–Crippen MR) is 103 cm³/mol. The Bertz CT molecular complexity index is 1070. The highest BCUT2D eigenvalue weighted by molar-refractivity contribution is 5.82. The number of aromatic nitrogens is 4. The molecule has 0 saturated carbocycles. The van der Waals surface area contributed by atoms with Gasteiger partial charge in [0, 0.05) is 0 Å². The van der Waals surface area contributed by atoms with Crippen molar-refractivity contribution in [3.05, 3.63) is 36.7 Å². The maximum Gasteiger partial charge on any atom is 0.513 e. The summed E-state index contributed by atoms with van der Waals surface area (Å²) < 4.78 is 17.2. The van der Waals surface area contributed by atoms with Crippen LogP contribution in [-0.4, -0.2) is 60.3 Å². The summed E-state index contributed by atoms with van der Waals surface area (Å²) in [5.41, 5.74) is 10.2. The smallest absolute Gasteiger partial charge is 0.431 e. The van der Waals surface area contributed by atoms with Gasteiger partial charge in [0.2, 0.25) is 5.95 Å². The van der Waals surface area contributed by atoms with Crippen molar-refractivity contribution in [3.63, 3.8) is 0 Å². The van der Waals surface area contributed by atoms with E-state index >= 15 is 0 Å². The lowest BCUT2D eigenvalue weighted by Crippen LogP contribution is -2.44. The van der Waals surface area contributed by atoms with Crippen molar-refractivity contribution in [2.75, 3.05) is 18.1 Å². The van der Waals surface area contributed by atoms with Crippen LogP contribution in [0.5, 0.6) is 5.75 Å². The molecule has 4 rings (SSSR count). The molecule has 0 radical (unpaired) electrons. The SMILES string of the molecule is CC1(O)C(O)[C@@H](COC(=O)Oc2ccccc2)O[C@H]1n1cnc2c(N)nc(N)nc21. The Balaban J connectivity index is 1.50. The van der Waals surface area contributed by atoms with Crippen molar-refractivity contribution in [1.29, 1.82) is 0 Å². The molecule has 3 aromatic rings. The first kappa shape index (κ1) is 19.8. The van der Waals surface area contributed by atoms with Gasteiger partial charge in [0.05, 0.1) is 6.33 Å². The van der Waals surface area contributed by atoms with Crippen LogP contribution in [0.1, 0.15) is 13.2 Å². The number of imidazole rings is 1. The fourth-order valence-corrected chi connectivity index (χ4v) is 3.27. The minimum absolute atomic E-state index is 0.0676. The third kappa shape index (κ3) is 3.47. The first-order valence-electron chi connectivity index (χ1n) is 8.98. The summed E-state index contributed by atoms with van der Waals surface area (Å²) in [4.78, 5) is 23.9. The molecule has 1 fully saturated rings. The number of para-hydroxylation sites is 1. The number of carbonyl (C=O) groups excluding carboxylic acids is 1. The Labute approximate surface area is 170 Å². The molecule has 4 atom stereocenters. The lowest BCUT2D eigenvalue weighted by molar-refractivity contribution is -0.0954. The summed E-state index contributed by atoms with van der Waals surface area (Å²) in [7, 11) is 0. The van der Waals surface area contributed by atoms with Crippen molar-refractivity contribution in [1.82, 2.24) is 19.5 Å². The average molecular weight is 416 g/mol. The van der Waals surface area contributed by atoms with Gasteiger partial charge in [-0.1, -0.05) is 18.2 Å². The summed E-state index contributed by atoms with van der Waals surface area (Å²) >= 11 is 0. The van der Waals surface area contributed by atoms with Crippen molar-refractivity contribution >= 4 is 29.1 Å². The molecular weight excluding hydrogens is 396 g/mol. The van der Waals surface area contributed by atoms with Gasteiger partial charge in [-0.25, -0.2) is 9.78 Å². The highest BCUT2D eigenvalue weighted by Crippen LogP contribution is 2.39. The highest BCUT2D eigenvalue weighted by Gasteiger charge is 2.54. The Morgan fingerprint density at radius 2 is 2.03 bits per heavy atom. The van der Waals surface area contributed by atoms with Crippen molar-refractivity contribution in [2.45, 2.75) is 31.0 Å². The third-order valence-corrected chi connectivity index (χ3v) is 4.78. The number of benzene rings is 1. The molecular formula is C18H20N6O6. The minimum Gasteiger partial charge on any atom is -0.431 e. The second kappa shape index (κ2) is 7.40. The largest absolute Gasteiger partial charge is 0.513 e. The van der Waals surface area contributed by atoms with Crippen LogP contribution in [-0.2, 0) is 9.47 Å². The molecule has 12 heteroatoms. The van der Waals surface area contributed by atoms with Crippen LogP contribution >= 0.6 is 0 Å². The van der Waals surface area contributed by atoms with Crippen LogP contribution in [0, 0.1) is 0 Å². The summed E-state index contributed by atoms with van der Waals surface area (Å²) in [6.07, 6.45) is -3.16. The molecule has 0 aliphatic carbocycles. The predicted octanol–water partition coefficient (Wildman–Crippen LogP) is 0.216. The standard InChI is InChI=1S/C18H20N6O6/c1-18(27)12(25)10(7-28-17(26)29-9-5-3-2-4-6-9)30-15(18)24-8-21-11-13(19)22-16(20)23-14(11)24/h2-6,8,10,12,15,25,27H,7H2,1H3,(H4,19,20,22,23)/t10-,12?,15-,18?/m1/s1. The number of ether oxygens (including phenoxy) is 3. The maximum atomic E-state index is 11.9. The van der Waals surface area contributed by atoms with Gasteiger partial charge in [0.15, 0.2) is 17.7 Å². The van der Waals surface area contributed by atoms with Gasteiger partial charge in [-0.05, 0) is 19.1 Å². The first-order chi connectivity index (χ1) is 14.3. The van der Waals surface area contributed by atoms with Gasteiger partial charge < -0.3 is 35.9 Å². The van der Waals surface area contributed by atoms with Crippen LogP contribution in [0.3, 0.4) is 0 Å². The van der Waals surface area contributed by atoms with E-state index in [1.54, 1.807) is 30.3 Å². The molecule has 1 saturated heterocycles. The van der Waals surface area contributed by atoms with E-state index in [1.165, 1.54) is 17.8 Å². The van der Waals surface area contributed by atoms with E-state index in [9.17, 15) is 15.0 Å². The lowest BCUT2D eigenvalue weighted by Gasteiger charge is -2.27. The van der Waals surface area contributed by atoms with E-state index in [-0.39, 0.29) is 29.5 Å². The number of anilines is 2. The van der Waals surface area contributed by atoms with Crippen LogP contribution in [0.15, 0.2) is 36.7 Å². The molecule has 30 heavy (non-hydrogen) atoms. The molecule has 12 nitrogen and oxygen atoms in total. The number of rotatable bonds is 4. The molecule has 1 aliphatic heterocycles. The van der Waals surface area contributed by atoms with E-state index in [0.29, 0.717) is 5.75 Å². The fourth-order valence-electron chi connectivity index (χ4n) is 3.27. The van der Waals surface area contributed by atoms with Gasteiger partial charge in [-0.3, -0.25) is 4.57 Å². The van der Waals surface area contributed by atoms with E-state index < -0.39 is 30.2 Å². The van der Waals surface area contributed by atoms with Gasteiger partial charge in [-0.15, -0.1) is 0 Å². The quantitative estimate of drug-likeness (QED) is 0.337. The Morgan fingerprint density at radius 3 is 2.77 bits per heavy atom. The molecule has 2 unspecified atom stereocenters. The molecule has 158 valence electrons. The number of hydrogen-bond acceptors (Lipinski definition) is 11. The topological polar surface area (TPSA) is 181 Å². The van der Waals surface area contributed by atoms with Crippen LogP contribution in [0.4, 0.5) is 16.6 Å². The summed E-state index contributed by atoms with van der Waals surface area (Å²) in [6.45, 7) is 1.02. The Morgan fingerprint density at radius 1 is 1.30 bits per heavy atom. The van der Waals surface area contributed by atoms with E-state index in [1.807, 2.05) is 0 Å². The molecule has 2 aromatic heterocycles. The zero-order valence-electron chi connectivity index (χ0n) is 15.9. The molecule has 0 bridgehead atoms. The number of aliphatic hydroxyl groups is 2. The van der Waals surface area contributed by atoms with Gasteiger partial charge in [0.1, 0.15) is 35.7 Å². The summed E-state index contributed by atoms with van der Waals surface area (Å²) in [5, 5.41) is 21.4. The van der Waals surface area contributed by atoms with E-state index in [2.05, 4.69) is 15.0 Å². The third-order valence-electron chi connectivity index (χ3n) is 4.78. The monoisotopic (exact) mass is 416 g/mol. The maximum absolute atomic E-state index is 11.9. The van der Waals surface area contributed by atoms with Crippen molar-refractivity contribution in [2.24, 2.45) is 0 Å². The normalized spacial score (nSPS) is 26.0. The number of hydrogen-bond donors (Lipinski definition) is 4. The van der Waals surface area contributed by atoms with E-state index in [4.69, 9.17) is 25.7 Å². The fraction of sp³-hybridized carbons (Fsp3) is 0.333. The Kier molecular flexibility index (Phi) is 4.89. The highest BCUT2D eigenvalue weighted by atomic mass is 16.7. The van der Waals surface area contributed by atoms with Crippen LogP contribution in [0.2, 0.25) is 0 Å². The Hall–Kier alpha value is -3.48. The molecule has 0 amide bonds. The number of nitrogens with two attached hydrogens (primary N) is 2. The molecule has 0 spiro atoms. The van der Waals surface area contributed by atoms with Gasteiger partial charge >= 0.3 is 6.16 Å². The van der Waals surface area contributed by atoms with E-state index in [0.717, 1.165) is 0 Å². The number of aliphatic hydroxyl groups excluding tert-OH is 1. The van der Waals surface area contributed by atoms with Crippen molar-refractivity contribution in [3.8, 4) is 5.75 Å². The lowest BCUT2D eigenvalue weighted by atomic mass is 9.96. The second-order valence-corrected chi connectivity index (χ2v) is 6.96.